The van der Waals surface area contributed by atoms with E-state index in [1.165, 1.54) is 0 Å². The Labute approximate surface area is 165 Å². The summed E-state index contributed by atoms with van der Waals surface area (Å²) in [5.41, 5.74) is 1.69. The maximum atomic E-state index is 11.9. The Bertz CT molecular complexity index is 570. The second kappa shape index (κ2) is 12.5. The van der Waals surface area contributed by atoms with Crippen LogP contribution in [0.15, 0.2) is 4.79 Å². The van der Waals surface area contributed by atoms with Crippen LogP contribution in [0.3, 0.4) is 0 Å². The molecule has 0 unspecified atom stereocenters. The van der Waals surface area contributed by atoms with E-state index in [2.05, 4.69) is 58.8 Å². The first-order valence-electron chi connectivity index (χ1n) is 9.63. The van der Waals surface area contributed by atoms with Gasteiger partial charge in [0, 0.05) is 25.7 Å². The zero-order valence-electron chi connectivity index (χ0n) is 18.1. The first kappa shape index (κ1) is 25.2. The smallest absolute Gasteiger partial charge is 0.220 e. The molecule has 0 bridgehead atoms. The average Bonchev–Trinajstić information content (AvgIpc) is 2.60. The Morgan fingerprint density at radius 2 is 1.65 bits per heavy atom. The summed E-state index contributed by atoms with van der Waals surface area (Å²) in [5.74, 6) is 0. The fourth-order valence-corrected chi connectivity index (χ4v) is 2.90. The first-order chi connectivity index (χ1) is 12.1. The van der Waals surface area contributed by atoms with Gasteiger partial charge in [0.15, 0.2) is 0 Å². The van der Waals surface area contributed by atoms with Gasteiger partial charge in [-0.1, -0.05) is 53.8 Å². The molecule has 5 nitrogen and oxygen atoms in total. The largest absolute Gasteiger partial charge is 0.378 e. The molecule has 0 aliphatic rings. The van der Waals surface area contributed by atoms with E-state index >= 15 is 0 Å². The standard InChI is InChI=1S/C15H26N2O2S.C5H13N/c1-6-16-7-9-19-10-8-17(5)12-11(15(2,3)4)14(20)13(12)18;1-4-6(3)5-2/h16H,6-10H2,1-5H3;4-5H2,1-3H3. The molecule has 0 fully saturated rings. The van der Waals surface area contributed by atoms with Gasteiger partial charge < -0.3 is 19.9 Å². The number of nitrogens with zero attached hydrogens (tertiary/aromatic N) is 2. The van der Waals surface area contributed by atoms with Crippen LogP contribution in [0.4, 0.5) is 5.69 Å². The summed E-state index contributed by atoms with van der Waals surface area (Å²) in [6.07, 6.45) is 0. The van der Waals surface area contributed by atoms with Gasteiger partial charge in [-0.25, -0.2) is 0 Å². The lowest BCUT2D eigenvalue weighted by Gasteiger charge is -2.30. The van der Waals surface area contributed by atoms with Crippen molar-refractivity contribution in [2.45, 2.75) is 47.0 Å². The fourth-order valence-electron chi connectivity index (χ4n) is 2.40. The minimum Gasteiger partial charge on any atom is -0.378 e. The van der Waals surface area contributed by atoms with Gasteiger partial charge in [0.05, 0.1) is 23.4 Å². The van der Waals surface area contributed by atoms with Gasteiger partial charge in [0.25, 0.3) is 0 Å². The quantitative estimate of drug-likeness (QED) is 0.493. The van der Waals surface area contributed by atoms with E-state index in [9.17, 15) is 4.79 Å². The van der Waals surface area contributed by atoms with Crippen molar-refractivity contribution in [1.29, 1.82) is 0 Å². The molecule has 0 radical (unpaired) electrons. The SMILES string of the molecule is CCN(C)CC.CCNCCOCCN(C)c1c(C(C)(C)C)c(=S)c1=O. The molecule has 6 heteroatoms. The van der Waals surface area contributed by atoms with Crippen molar-refractivity contribution in [3.8, 4) is 0 Å². The molecule has 1 aromatic rings. The lowest BCUT2D eigenvalue weighted by atomic mass is 9.82. The third-order valence-corrected chi connectivity index (χ3v) is 4.73. The van der Waals surface area contributed by atoms with Crippen molar-refractivity contribution in [1.82, 2.24) is 10.2 Å². The van der Waals surface area contributed by atoms with Gasteiger partial charge in [0.1, 0.15) is 0 Å². The second-order valence-corrected chi connectivity index (χ2v) is 7.92. The van der Waals surface area contributed by atoms with E-state index in [4.69, 9.17) is 17.0 Å². The molecule has 0 saturated carbocycles. The summed E-state index contributed by atoms with van der Waals surface area (Å²) >= 11 is 5.18. The monoisotopic (exact) mass is 385 g/mol. The van der Waals surface area contributed by atoms with Crippen molar-refractivity contribution in [3.63, 3.8) is 0 Å². The van der Waals surface area contributed by atoms with Crippen molar-refractivity contribution in [3.05, 3.63) is 20.3 Å². The number of rotatable bonds is 10. The lowest BCUT2D eigenvalue weighted by Crippen LogP contribution is -2.36. The summed E-state index contributed by atoms with van der Waals surface area (Å²) in [6, 6.07) is 0. The minimum atomic E-state index is -0.0828. The predicted molar refractivity (Wildman–Crippen MR) is 116 cm³/mol. The maximum absolute atomic E-state index is 11.9. The topological polar surface area (TPSA) is 44.8 Å². The predicted octanol–water partition coefficient (Wildman–Crippen LogP) is 2.97. The highest BCUT2D eigenvalue weighted by molar-refractivity contribution is 7.71. The molecule has 152 valence electrons. The molecular weight excluding hydrogens is 346 g/mol. The number of hydrogen-bond acceptors (Lipinski definition) is 6. The molecule has 0 aliphatic carbocycles. The highest BCUT2D eigenvalue weighted by Crippen LogP contribution is 2.32. The highest BCUT2D eigenvalue weighted by Gasteiger charge is 2.29. The lowest BCUT2D eigenvalue weighted by molar-refractivity contribution is 0.143. The number of nitrogens with one attached hydrogen (secondary N) is 1. The molecule has 26 heavy (non-hydrogen) atoms. The van der Waals surface area contributed by atoms with Gasteiger partial charge in [-0.3, -0.25) is 4.79 Å². The average molecular weight is 386 g/mol. The molecular formula is C20H39N3O2S. The van der Waals surface area contributed by atoms with Gasteiger partial charge in [-0.05, 0) is 32.1 Å². The van der Waals surface area contributed by atoms with Crippen LogP contribution in [0.25, 0.3) is 0 Å². The number of anilines is 1. The summed E-state index contributed by atoms with van der Waals surface area (Å²) in [5, 5.41) is 3.20. The van der Waals surface area contributed by atoms with Crippen LogP contribution in [0, 0.1) is 4.51 Å². The summed E-state index contributed by atoms with van der Waals surface area (Å²) < 4.78 is 6.03. The molecule has 0 aromatic heterocycles. The van der Waals surface area contributed by atoms with Crippen LogP contribution >= 0.6 is 12.2 Å². The molecule has 0 amide bonds. The first-order valence-corrected chi connectivity index (χ1v) is 10.0. The van der Waals surface area contributed by atoms with Gasteiger partial charge in [-0.2, -0.15) is 0 Å². The molecule has 1 N–H and O–H groups in total. The highest BCUT2D eigenvalue weighted by atomic mass is 32.1. The third-order valence-electron chi connectivity index (χ3n) is 4.34. The van der Waals surface area contributed by atoms with E-state index in [0.29, 0.717) is 24.3 Å². The number of hydrogen-bond donors (Lipinski definition) is 1. The molecule has 0 aliphatic heterocycles. The van der Waals surface area contributed by atoms with Crippen molar-refractivity contribution in [2.24, 2.45) is 0 Å². The third kappa shape index (κ3) is 8.25. The van der Waals surface area contributed by atoms with Crippen molar-refractivity contribution >= 4 is 17.9 Å². The summed E-state index contributed by atoms with van der Waals surface area (Å²) in [6.45, 7) is 18.8. The van der Waals surface area contributed by atoms with Crippen molar-refractivity contribution in [2.75, 3.05) is 64.9 Å². The molecule has 1 rings (SSSR count). The maximum Gasteiger partial charge on any atom is 0.220 e. The normalized spacial score (nSPS) is 11.6. The molecule has 0 spiro atoms. The molecule has 0 heterocycles. The van der Waals surface area contributed by atoms with E-state index in [1.54, 1.807) is 0 Å². The van der Waals surface area contributed by atoms with Crippen LogP contribution in [-0.4, -0.2) is 64.9 Å². The van der Waals surface area contributed by atoms with E-state index in [-0.39, 0.29) is 10.8 Å². The van der Waals surface area contributed by atoms with Crippen LogP contribution in [0.1, 0.15) is 47.1 Å². The Morgan fingerprint density at radius 3 is 2.08 bits per heavy atom. The fraction of sp³-hybridized carbons (Fsp3) is 0.800. The van der Waals surface area contributed by atoms with Crippen LogP contribution in [0.5, 0.6) is 0 Å². The molecule has 0 atom stereocenters. The van der Waals surface area contributed by atoms with E-state index in [0.717, 1.165) is 37.4 Å². The Balaban J connectivity index is 0.000000896. The van der Waals surface area contributed by atoms with E-state index < -0.39 is 0 Å². The second-order valence-electron chi connectivity index (χ2n) is 7.51. The van der Waals surface area contributed by atoms with E-state index in [1.807, 2.05) is 11.9 Å². The van der Waals surface area contributed by atoms with Crippen LogP contribution in [0.2, 0.25) is 0 Å². The van der Waals surface area contributed by atoms with Gasteiger partial charge in [0.2, 0.25) is 5.43 Å². The Kier molecular flexibility index (Phi) is 12.2. The van der Waals surface area contributed by atoms with Crippen LogP contribution < -0.4 is 15.6 Å². The zero-order chi connectivity index (χ0) is 20.3. The van der Waals surface area contributed by atoms with Gasteiger partial charge in [-0.15, -0.1) is 0 Å². The molecule has 1 aromatic carbocycles. The van der Waals surface area contributed by atoms with Crippen molar-refractivity contribution < 1.29 is 4.74 Å². The minimum absolute atomic E-state index is 0.0000691. The number of ether oxygens (including phenoxy) is 1. The summed E-state index contributed by atoms with van der Waals surface area (Å²) in [7, 11) is 4.04. The van der Waals surface area contributed by atoms with Crippen LogP contribution in [-0.2, 0) is 10.2 Å². The number of likely N-dealkylation sites (N-methyl/N-ethyl adjacent to an activating group) is 2. The Morgan fingerprint density at radius 1 is 1.08 bits per heavy atom. The summed E-state index contributed by atoms with van der Waals surface area (Å²) in [4.78, 5) is 16.2. The Hall–Kier alpha value is -0.820. The zero-order valence-corrected chi connectivity index (χ0v) is 18.9. The molecule has 0 saturated heterocycles. The van der Waals surface area contributed by atoms with Gasteiger partial charge >= 0.3 is 0 Å².